The van der Waals surface area contributed by atoms with E-state index in [2.05, 4.69) is 19.9 Å². The first kappa shape index (κ1) is 16.3. The van der Waals surface area contributed by atoms with E-state index in [9.17, 15) is 9.90 Å². The molecular formula is C21H30O4. The first-order valence-corrected chi connectivity index (χ1v) is 9.93. The number of methoxy groups -OCH3 is 1. The Bertz CT molecular complexity index is 671. The quantitative estimate of drug-likeness (QED) is 0.585. The van der Waals surface area contributed by atoms with E-state index in [-0.39, 0.29) is 28.8 Å². The van der Waals surface area contributed by atoms with E-state index in [4.69, 9.17) is 9.47 Å². The van der Waals surface area contributed by atoms with Crippen LogP contribution < -0.4 is 0 Å². The Morgan fingerprint density at radius 2 is 2.12 bits per heavy atom. The lowest BCUT2D eigenvalue weighted by Gasteiger charge is -2.60. The van der Waals surface area contributed by atoms with Gasteiger partial charge in [-0.25, -0.2) is 0 Å². The zero-order chi connectivity index (χ0) is 17.7. The maximum atomic E-state index is 12.7. The van der Waals surface area contributed by atoms with Crippen molar-refractivity contribution in [3.8, 4) is 0 Å². The Morgan fingerprint density at radius 3 is 2.88 bits per heavy atom. The lowest BCUT2D eigenvalue weighted by atomic mass is 9.44. The second-order valence-electron chi connectivity index (χ2n) is 10.00. The van der Waals surface area contributed by atoms with Gasteiger partial charge in [0, 0.05) is 5.92 Å². The number of esters is 1. The second kappa shape index (κ2) is 4.69. The van der Waals surface area contributed by atoms with Gasteiger partial charge in [-0.3, -0.25) is 4.79 Å². The number of aliphatic hydroxyl groups is 1. The molecule has 3 saturated carbocycles. The molecule has 1 N–H and O–H groups in total. The number of hydrogen-bond donors (Lipinski definition) is 1. The summed E-state index contributed by atoms with van der Waals surface area (Å²) in [5, 5.41) is 11.1. The SMILES string of the molecule is COC(=O)[C@]1(C)CCC[C@@]2(C)C3=C[C@H]4OC[C@@]5(O)C[C@]3(CC[C@H]12)C[C@@H]45. The fourth-order valence-corrected chi connectivity index (χ4v) is 7.90. The van der Waals surface area contributed by atoms with Crippen LogP contribution in [0.25, 0.3) is 0 Å². The van der Waals surface area contributed by atoms with E-state index in [0.717, 1.165) is 44.9 Å². The molecular weight excluding hydrogens is 316 g/mol. The zero-order valence-corrected chi connectivity index (χ0v) is 15.6. The average molecular weight is 346 g/mol. The van der Waals surface area contributed by atoms with Gasteiger partial charge in [-0.2, -0.15) is 0 Å². The van der Waals surface area contributed by atoms with Gasteiger partial charge < -0.3 is 14.6 Å². The van der Waals surface area contributed by atoms with Gasteiger partial charge in [-0.05, 0) is 62.2 Å². The summed E-state index contributed by atoms with van der Waals surface area (Å²) in [6.45, 7) is 4.99. The minimum Gasteiger partial charge on any atom is -0.469 e. The molecule has 4 heteroatoms. The normalized spacial score (nSPS) is 56.0. The van der Waals surface area contributed by atoms with Crippen molar-refractivity contribution in [3.63, 3.8) is 0 Å². The van der Waals surface area contributed by atoms with E-state index in [0.29, 0.717) is 12.5 Å². The van der Waals surface area contributed by atoms with Crippen LogP contribution in [0.4, 0.5) is 0 Å². The number of allylic oxidation sites excluding steroid dienone is 1. The Hall–Kier alpha value is -0.870. The van der Waals surface area contributed by atoms with Gasteiger partial charge in [-0.1, -0.05) is 25.0 Å². The van der Waals surface area contributed by atoms with Crippen molar-refractivity contribution in [3.05, 3.63) is 11.6 Å². The van der Waals surface area contributed by atoms with Crippen LogP contribution in [0.1, 0.15) is 58.8 Å². The number of carbonyl (C=O) groups excluding carboxylic acids is 1. The monoisotopic (exact) mass is 346 g/mol. The van der Waals surface area contributed by atoms with Crippen LogP contribution >= 0.6 is 0 Å². The maximum absolute atomic E-state index is 12.7. The van der Waals surface area contributed by atoms with Gasteiger partial charge in [0.15, 0.2) is 0 Å². The highest BCUT2D eigenvalue weighted by Gasteiger charge is 2.69. The van der Waals surface area contributed by atoms with Crippen molar-refractivity contribution in [2.24, 2.45) is 28.1 Å². The molecule has 4 fully saturated rings. The predicted molar refractivity (Wildman–Crippen MR) is 92.7 cm³/mol. The summed E-state index contributed by atoms with van der Waals surface area (Å²) in [7, 11) is 1.52. The Kier molecular flexibility index (Phi) is 3.06. The Balaban J connectivity index is 1.61. The molecule has 7 atom stereocenters. The third-order valence-electron chi connectivity index (χ3n) is 8.88. The molecule has 5 aliphatic rings. The Morgan fingerprint density at radius 1 is 1.32 bits per heavy atom. The molecule has 0 unspecified atom stereocenters. The van der Waals surface area contributed by atoms with Crippen molar-refractivity contribution in [2.45, 2.75) is 70.5 Å². The van der Waals surface area contributed by atoms with Crippen LogP contribution in [0.3, 0.4) is 0 Å². The summed E-state index contributed by atoms with van der Waals surface area (Å²) in [6, 6.07) is 0. The van der Waals surface area contributed by atoms with Crippen molar-refractivity contribution >= 4 is 5.97 Å². The van der Waals surface area contributed by atoms with E-state index in [1.807, 2.05) is 0 Å². The molecule has 138 valence electrons. The topological polar surface area (TPSA) is 55.8 Å². The fourth-order valence-electron chi connectivity index (χ4n) is 7.90. The maximum Gasteiger partial charge on any atom is 0.311 e. The number of ether oxygens (including phenoxy) is 2. The summed E-state index contributed by atoms with van der Waals surface area (Å²) in [6.07, 6.45) is 9.63. The average Bonchev–Trinajstić information content (AvgIpc) is 2.99. The predicted octanol–water partition coefficient (Wildman–Crippen LogP) is 3.23. The molecule has 0 radical (unpaired) electrons. The van der Waals surface area contributed by atoms with Crippen molar-refractivity contribution < 1.29 is 19.4 Å². The van der Waals surface area contributed by atoms with Crippen LogP contribution in [0.2, 0.25) is 0 Å². The standard InChI is InChI=1S/C21H30O4/c1-18-6-4-7-19(2,17(22)24-3)15(18)5-8-20-10-13-14(9-16(18)20)25-12-21(13,23)11-20/h9,13-15,23H,4-8,10-12H2,1-3H3/t13-,14+,15-,18+,19+,20-,21-/m0/s1. The van der Waals surface area contributed by atoms with Gasteiger partial charge in [0.25, 0.3) is 0 Å². The number of carbonyl (C=O) groups is 1. The van der Waals surface area contributed by atoms with Gasteiger partial charge in [0.2, 0.25) is 0 Å². The molecule has 0 aromatic rings. The summed E-state index contributed by atoms with van der Waals surface area (Å²) in [5.74, 6) is 0.548. The summed E-state index contributed by atoms with van der Waals surface area (Å²) in [5.41, 5.74) is 0.638. The molecule has 0 aromatic carbocycles. The summed E-state index contributed by atoms with van der Waals surface area (Å²) in [4.78, 5) is 12.7. The second-order valence-corrected chi connectivity index (χ2v) is 10.00. The molecule has 2 bridgehead atoms. The molecule has 0 aromatic heterocycles. The fraction of sp³-hybridized carbons (Fsp3) is 0.857. The first-order valence-electron chi connectivity index (χ1n) is 9.93. The highest BCUT2D eigenvalue weighted by atomic mass is 16.5. The number of fused-ring (bicyclic) bond motifs is 2. The molecule has 1 heterocycles. The molecule has 1 aliphatic heterocycles. The van der Waals surface area contributed by atoms with Crippen LogP contribution in [0.15, 0.2) is 11.6 Å². The van der Waals surface area contributed by atoms with Crippen LogP contribution in [0, 0.1) is 28.1 Å². The first-order chi connectivity index (χ1) is 11.8. The van der Waals surface area contributed by atoms with Crippen LogP contribution in [0.5, 0.6) is 0 Å². The molecule has 1 spiro atoms. The lowest BCUT2D eigenvalue weighted by molar-refractivity contribution is -0.165. The number of hydrogen-bond acceptors (Lipinski definition) is 4. The summed E-state index contributed by atoms with van der Waals surface area (Å²) < 4.78 is 11.2. The van der Waals surface area contributed by atoms with Gasteiger partial charge in [0.1, 0.15) is 0 Å². The molecule has 5 rings (SSSR count). The third kappa shape index (κ3) is 1.78. The smallest absolute Gasteiger partial charge is 0.311 e. The highest BCUT2D eigenvalue weighted by Crippen LogP contribution is 2.72. The van der Waals surface area contributed by atoms with Crippen molar-refractivity contribution in [1.82, 2.24) is 0 Å². The highest BCUT2D eigenvalue weighted by molar-refractivity contribution is 5.77. The number of rotatable bonds is 1. The lowest BCUT2D eigenvalue weighted by Crippen LogP contribution is -2.55. The largest absolute Gasteiger partial charge is 0.469 e. The van der Waals surface area contributed by atoms with Gasteiger partial charge in [0.05, 0.1) is 30.8 Å². The zero-order valence-electron chi connectivity index (χ0n) is 15.6. The molecule has 4 nitrogen and oxygen atoms in total. The minimum absolute atomic E-state index is 0.0224. The minimum atomic E-state index is -0.633. The molecule has 25 heavy (non-hydrogen) atoms. The molecule has 0 amide bonds. The van der Waals surface area contributed by atoms with E-state index in [1.165, 1.54) is 12.7 Å². The Labute approximate surface area is 150 Å². The van der Waals surface area contributed by atoms with E-state index < -0.39 is 11.0 Å². The summed E-state index contributed by atoms with van der Waals surface area (Å²) >= 11 is 0. The molecule has 4 aliphatic carbocycles. The van der Waals surface area contributed by atoms with Crippen LogP contribution in [-0.2, 0) is 14.3 Å². The van der Waals surface area contributed by atoms with Crippen molar-refractivity contribution in [2.75, 3.05) is 13.7 Å². The van der Waals surface area contributed by atoms with E-state index in [1.54, 1.807) is 0 Å². The molecule has 1 saturated heterocycles. The van der Waals surface area contributed by atoms with Gasteiger partial charge >= 0.3 is 5.97 Å². The van der Waals surface area contributed by atoms with E-state index >= 15 is 0 Å². The third-order valence-corrected chi connectivity index (χ3v) is 8.88. The van der Waals surface area contributed by atoms with Crippen LogP contribution in [-0.4, -0.2) is 36.5 Å². The van der Waals surface area contributed by atoms with Crippen molar-refractivity contribution in [1.29, 1.82) is 0 Å². The van der Waals surface area contributed by atoms with Gasteiger partial charge in [-0.15, -0.1) is 0 Å².